The van der Waals surface area contributed by atoms with Gasteiger partial charge < -0.3 is 4.74 Å². The second-order valence-electron chi connectivity index (χ2n) is 2.17. The van der Waals surface area contributed by atoms with Crippen LogP contribution >= 0.6 is 0 Å². The van der Waals surface area contributed by atoms with Crippen LogP contribution in [0.3, 0.4) is 0 Å². The Morgan fingerprint density at radius 2 is 2.67 bits per heavy atom. The lowest BCUT2D eigenvalue weighted by Gasteiger charge is -2.05. The summed E-state index contributed by atoms with van der Waals surface area (Å²) >= 11 is 0. The molecule has 0 bridgehead atoms. The third-order valence-corrected chi connectivity index (χ3v) is 1.40. The van der Waals surface area contributed by atoms with E-state index in [0.717, 1.165) is 6.42 Å². The Kier molecular flexibility index (Phi) is 2.52. The summed E-state index contributed by atoms with van der Waals surface area (Å²) in [5.41, 5.74) is 0. The van der Waals surface area contributed by atoms with Crippen LogP contribution in [0.2, 0.25) is 0 Å². The van der Waals surface area contributed by atoms with Crippen LogP contribution in [-0.4, -0.2) is 12.7 Å². The zero-order valence-corrected chi connectivity index (χ0v) is 5.55. The fourth-order valence-electron chi connectivity index (χ4n) is 0.935. The highest BCUT2D eigenvalue weighted by molar-refractivity contribution is 4.97. The van der Waals surface area contributed by atoms with Crippen molar-refractivity contribution in [2.24, 2.45) is 0 Å². The molecule has 1 rings (SSSR count). The van der Waals surface area contributed by atoms with Crippen molar-refractivity contribution in [2.75, 3.05) is 6.61 Å². The topological polar surface area (TPSA) is 9.23 Å². The molecule has 0 saturated heterocycles. The first-order valence-corrected chi connectivity index (χ1v) is 3.32. The molecule has 0 heterocycles. The Balaban J connectivity index is 2.12. The van der Waals surface area contributed by atoms with Gasteiger partial charge in [-0.2, -0.15) is 0 Å². The summed E-state index contributed by atoms with van der Waals surface area (Å²) in [6.45, 7) is 4.25. The molecule has 1 aliphatic rings. The molecule has 0 fully saturated rings. The van der Waals surface area contributed by atoms with Gasteiger partial charge in [-0.3, -0.25) is 0 Å². The third-order valence-electron chi connectivity index (χ3n) is 1.40. The fourth-order valence-corrected chi connectivity index (χ4v) is 0.935. The molecule has 1 heteroatoms. The van der Waals surface area contributed by atoms with Crippen LogP contribution in [0.5, 0.6) is 0 Å². The molecule has 0 aliphatic heterocycles. The number of ether oxygens (including phenoxy) is 1. The van der Waals surface area contributed by atoms with E-state index in [9.17, 15) is 0 Å². The molecule has 9 heavy (non-hydrogen) atoms. The third kappa shape index (κ3) is 2.02. The van der Waals surface area contributed by atoms with Crippen molar-refractivity contribution in [3.63, 3.8) is 0 Å². The fraction of sp³-hybridized carbons (Fsp3) is 0.500. The first kappa shape index (κ1) is 6.56. The molecule has 1 aliphatic carbocycles. The van der Waals surface area contributed by atoms with Gasteiger partial charge in [0.25, 0.3) is 0 Å². The van der Waals surface area contributed by atoms with Crippen molar-refractivity contribution in [3.8, 4) is 0 Å². The van der Waals surface area contributed by atoms with Crippen LogP contribution in [0, 0.1) is 0 Å². The smallest absolute Gasteiger partial charge is 0.0763 e. The molecule has 0 spiro atoms. The Morgan fingerprint density at radius 3 is 3.22 bits per heavy atom. The maximum absolute atomic E-state index is 5.35. The maximum atomic E-state index is 5.35. The Hall–Kier alpha value is -0.560. The van der Waals surface area contributed by atoms with E-state index in [1.165, 1.54) is 6.42 Å². The van der Waals surface area contributed by atoms with E-state index in [1.54, 1.807) is 6.08 Å². The number of hydrogen-bond donors (Lipinski definition) is 0. The van der Waals surface area contributed by atoms with Gasteiger partial charge in [0.05, 0.1) is 12.7 Å². The molecule has 0 saturated carbocycles. The highest BCUT2D eigenvalue weighted by Gasteiger charge is 2.06. The van der Waals surface area contributed by atoms with Crippen LogP contribution < -0.4 is 0 Å². The van der Waals surface area contributed by atoms with E-state index >= 15 is 0 Å². The summed E-state index contributed by atoms with van der Waals surface area (Å²) in [4.78, 5) is 0. The monoisotopic (exact) mass is 124 g/mol. The van der Waals surface area contributed by atoms with Crippen molar-refractivity contribution >= 4 is 0 Å². The molecule has 0 aromatic rings. The van der Waals surface area contributed by atoms with Gasteiger partial charge in [0.2, 0.25) is 0 Å². The van der Waals surface area contributed by atoms with Crippen LogP contribution in [0.25, 0.3) is 0 Å². The molecule has 1 atom stereocenters. The summed E-state index contributed by atoms with van der Waals surface area (Å²) in [5.74, 6) is 0. The molecule has 1 unspecified atom stereocenters. The molecular weight excluding hydrogens is 112 g/mol. The van der Waals surface area contributed by atoms with Gasteiger partial charge in [0, 0.05) is 0 Å². The van der Waals surface area contributed by atoms with Crippen LogP contribution in [0.15, 0.2) is 24.8 Å². The predicted octanol–water partition coefficient (Wildman–Crippen LogP) is 1.91. The summed E-state index contributed by atoms with van der Waals surface area (Å²) < 4.78 is 5.35. The van der Waals surface area contributed by atoms with Crippen molar-refractivity contribution in [1.29, 1.82) is 0 Å². The second-order valence-corrected chi connectivity index (χ2v) is 2.17. The van der Waals surface area contributed by atoms with Gasteiger partial charge in [-0.05, 0) is 12.8 Å². The van der Waals surface area contributed by atoms with Gasteiger partial charge in [0.15, 0.2) is 0 Å². The Morgan fingerprint density at radius 1 is 1.78 bits per heavy atom. The van der Waals surface area contributed by atoms with Gasteiger partial charge in [-0.1, -0.05) is 18.2 Å². The molecular formula is C8H12O. The largest absolute Gasteiger partial charge is 0.370 e. The van der Waals surface area contributed by atoms with Crippen molar-refractivity contribution in [2.45, 2.75) is 18.9 Å². The van der Waals surface area contributed by atoms with Gasteiger partial charge in [0.1, 0.15) is 0 Å². The number of allylic oxidation sites excluding steroid dienone is 1. The van der Waals surface area contributed by atoms with E-state index in [2.05, 4.69) is 18.7 Å². The Bertz CT molecular complexity index is 116. The minimum Gasteiger partial charge on any atom is -0.370 e. The number of hydrogen-bond acceptors (Lipinski definition) is 1. The summed E-state index contributed by atoms with van der Waals surface area (Å²) in [6.07, 6.45) is 8.74. The minimum atomic E-state index is 0.364. The molecule has 0 radical (unpaired) electrons. The molecule has 0 aromatic heterocycles. The lowest BCUT2D eigenvalue weighted by Crippen LogP contribution is -2.05. The van der Waals surface area contributed by atoms with Crippen molar-refractivity contribution in [3.05, 3.63) is 24.8 Å². The lowest BCUT2D eigenvalue weighted by molar-refractivity contribution is 0.109. The average Bonchev–Trinajstić information content (AvgIpc) is 2.34. The highest BCUT2D eigenvalue weighted by atomic mass is 16.5. The lowest BCUT2D eigenvalue weighted by atomic mass is 10.3. The first-order valence-electron chi connectivity index (χ1n) is 3.32. The second kappa shape index (κ2) is 3.46. The van der Waals surface area contributed by atoms with E-state index < -0.39 is 0 Å². The zero-order chi connectivity index (χ0) is 6.53. The van der Waals surface area contributed by atoms with Crippen molar-refractivity contribution in [1.82, 2.24) is 0 Å². The predicted molar refractivity (Wildman–Crippen MR) is 38.3 cm³/mol. The van der Waals surface area contributed by atoms with E-state index in [1.807, 2.05) is 0 Å². The van der Waals surface area contributed by atoms with E-state index in [4.69, 9.17) is 4.74 Å². The normalized spacial score (nSPS) is 24.7. The quantitative estimate of drug-likeness (QED) is 0.522. The molecule has 1 nitrogen and oxygen atoms in total. The standard InChI is InChI=1S/C8H12O/c1-2-7-9-8-5-3-4-6-8/h2-3,5,8H,1,4,6-7H2. The van der Waals surface area contributed by atoms with Crippen LogP contribution in [0.4, 0.5) is 0 Å². The first-order chi connectivity index (χ1) is 4.43. The maximum Gasteiger partial charge on any atom is 0.0763 e. The SMILES string of the molecule is C=CCOC1C=CCC1. The van der Waals surface area contributed by atoms with Crippen LogP contribution in [-0.2, 0) is 4.74 Å². The number of rotatable bonds is 3. The average molecular weight is 124 g/mol. The minimum absolute atomic E-state index is 0.364. The zero-order valence-electron chi connectivity index (χ0n) is 5.55. The van der Waals surface area contributed by atoms with Crippen molar-refractivity contribution < 1.29 is 4.74 Å². The van der Waals surface area contributed by atoms with E-state index in [-0.39, 0.29) is 0 Å². The molecule has 50 valence electrons. The van der Waals surface area contributed by atoms with E-state index in [0.29, 0.717) is 12.7 Å². The molecule has 0 N–H and O–H groups in total. The Labute approximate surface area is 56.0 Å². The summed E-state index contributed by atoms with van der Waals surface area (Å²) in [7, 11) is 0. The molecule has 0 aromatic carbocycles. The molecule has 0 amide bonds. The highest BCUT2D eigenvalue weighted by Crippen LogP contribution is 2.12. The summed E-state index contributed by atoms with van der Waals surface area (Å²) in [6, 6.07) is 0. The van der Waals surface area contributed by atoms with Crippen LogP contribution in [0.1, 0.15) is 12.8 Å². The summed E-state index contributed by atoms with van der Waals surface area (Å²) in [5, 5.41) is 0. The van der Waals surface area contributed by atoms with Gasteiger partial charge in [-0.15, -0.1) is 6.58 Å². The van der Waals surface area contributed by atoms with Gasteiger partial charge >= 0.3 is 0 Å². The van der Waals surface area contributed by atoms with Gasteiger partial charge in [-0.25, -0.2) is 0 Å².